The lowest BCUT2D eigenvalue weighted by Gasteiger charge is -2.08. The molecule has 0 aromatic heterocycles. The molecule has 0 aromatic rings. The van der Waals surface area contributed by atoms with Crippen LogP contribution in [-0.2, 0) is 4.79 Å². The van der Waals surface area contributed by atoms with E-state index in [1.54, 1.807) is 0 Å². The number of carbonyl (C=O) groups excluding carboxylic acids is 1. The summed E-state index contributed by atoms with van der Waals surface area (Å²) in [5.74, 6) is 0.00786. The third kappa shape index (κ3) is 7.74. The summed E-state index contributed by atoms with van der Waals surface area (Å²) < 4.78 is 0. The van der Waals surface area contributed by atoms with Gasteiger partial charge in [0.1, 0.15) is 0 Å². The van der Waals surface area contributed by atoms with Gasteiger partial charge in [-0.1, -0.05) is 6.92 Å². The summed E-state index contributed by atoms with van der Waals surface area (Å²) in [5.41, 5.74) is 0. The lowest BCUT2D eigenvalue weighted by molar-refractivity contribution is -0.120. The molecule has 13 heavy (non-hydrogen) atoms. The van der Waals surface area contributed by atoms with Gasteiger partial charge in [-0.25, -0.2) is 0 Å². The van der Waals surface area contributed by atoms with Crippen LogP contribution < -0.4 is 10.6 Å². The van der Waals surface area contributed by atoms with Crippen molar-refractivity contribution in [3.63, 3.8) is 0 Å². The fourth-order valence-corrected chi connectivity index (χ4v) is 0.934. The van der Waals surface area contributed by atoms with Crippen LogP contribution in [0.2, 0.25) is 0 Å². The minimum absolute atomic E-state index is 0.00786. The molecule has 1 amide bonds. The Hall–Kier alpha value is -0.610. The molecule has 4 nitrogen and oxygen atoms in total. The van der Waals surface area contributed by atoms with Crippen LogP contribution in [0.5, 0.6) is 0 Å². The minimum atomic E-state index is -0.248. The smallest absolute Gasteiger partial charge is 0.233 e. The van der Waals surface area contributed by atoms with E-state index in [1.807, 2.05) is 13.8 Å². The Kier molecular flexibility index (Phi) is 7.63. The van der Waals surface area contributed by atoms with Crippen molar-refractivity contribution in [2.24, 2.45) is 0 Å². The lowest BCUT2D eigenvalue weighted by Crippen LogP contribution is -2.34. The number of rotatable bonds is 7. The number of likely N-dealkylation sites (N-methyl/N-ethyl adjacent to an activating group) is 1. The average Bonchev–Trinajstić information content (AvgIpc) is 2.12. The van der Waals surface area contributed by atoms with Gasteiger partial charge in [0.2, 0.25) is 5.91 Å². The molecule has 0 spiro atoms. The maximum atomic E-state index is 10.9. The van der Waals surface area contributed by atoms with E-state index in [-0.39, 0.29) is 12.0 Å². The van der Waals surface area contributed by atoms with E-state index in [0.29, 0.717) is 26.1 Å². The van der Waals surface area contributed by atoms with E-state index < -0.39 is 0 Å². The lowest BCUT2D eigenvalue weighted by atomic mass is 10.2. The summed E-state index contributed by atoms with van der Waals surface area (Å²) >= 11 is 0. The summed E-state index contributed by atoms with van der Waals surface area (Å²) in [7, 11) is 0. The monoisotopic (exact) mass is 188 g/mol. The van der Waals surface area contributed by atoms with Crippen molar-refractivity contribution in [2.75, 3.05) is 19.6 Å². The molecule has 1 unspecified atom stereocenters. The van der Waals surface area contributed by atoms with E-state index >= 15 is 0 Å². The zero-order chi connectivity index (χ0) is 10.1. The van der Waals surface area contributed by atoms with E-state index in [0.717, 1.165) is 6.42 Å². The van der Waals surface area contributed by atoms with E-state index in [2.05, 4.69) is 10.6 Å². The van der Waals surface area contributed by atoms with Crippen molar-refractivity contribution in [3.8, 4) is 0 Å². The second-order valence-corrected chi connectivity index (χ2v) is 2.98. The maximum Gasteiger partial charge on any atom is 0.233 e. The average molecular weight is 188 g/mol. The third-order valence-corrected chi connectivity index (χ3v) is 1.79. The minimum Gasteiger partial charge on any atom is -0.393 e. The SMILES string of the molecule is CCNC(=O)CNCCC(O)CC. The standard InChI is InChI=1S/C9H20N2O2/c1-3-8(12)5-6-10-7-9(13)11-4-2/h8,10,12H,3-7H2,1-2H3,(H,11,13). The molecule has 78 valence electrons. The molecule has 0 rings (SSSR count). The molecule has 0 fully saturated rings. The van der Waals surface area contributed by atoms with Crippen molar-refractivity contribution >= 4 is 5.91 Å². The Morgan fingerprint density at radius 3 is 2.69 bits per heavy atom. The molecular weight excluding hydrogens is 168 g/mol. The molecule has 0 saturated carbocycles. The molecule has 1 atom stereocenters. The molecule has 4 heteroatoms. The van der Waals surface area contributed by atoms with Gasteiger partial charge in [-0.2, -0.15) is 0 Å². The van der Waals surface area contributed by atoms with Gasteiger partial charge in [0.15, 0.2) is 0 Å². The van der Waals surface area contributed by atoms with Gasteiger partial charge in [0.05, 0.1) is 12.6 Å². The Morgan fingerprint density at radius 2 is 2.15 bits per heavy atom. The molecule has 0 aliphatic heterocycles. The van der Waals surface area contributed by atoms with Gasteiger partial charge >= 0.3 is 0 Å². The summed E-state index contributed by atoms with van der Waals surface area (Å²) in [6.07, 6.45) is 1.22. The van der Waals surface area contributed by atoms with Crippen LogP contribution in [0.4, 0.5) is 0 Å². The number of carbonyl (C=O) groups is 1. The molecule has 0 bridgehead atoms. The highest BCUT2D eigenvalue weighted by Crippen LogP contribution is 1.93. The zero-order valence-electron chi connectivity index (χ0n) is 8.47. The highest BCUT2D eigenvalue weighted by Gasteiger charge is 2.01. The van der Waals surface area contributed by atoms with E-state index in [1.165, 1.54) is 0 Å². The summed E-state index contributed by atoms with van der Waals surface area (Å²) in [5, 5.41) is 14.8. The van der Waals surface area contributed by atoms with Crippen LogP contribution in [0.25, 0.3) is 0 Å². The number of aliphatic hydroxyl groups is 1. The molecule has 3 N–H and O–H groups in total. The van der Waals surface area contributed by atoms with Gasteiger partial charge in [-0.15, -0.1) is 0 Å². The Labute approximate surface area is 79.7 Å². The highest BCUT2D eigenvalue weighted by atomic mass is 16.3. The fourth-order valence-electron chi connectivity index (χ4n) is 0.934. The van der Waals surface area contributed by atoms with Gasteiger partial charge in [0.25, 0.3) is 0 Å². The molecule has 0 heterocycles. The van der Waals surface area contributed by atoms with Crippen molar-refractivity contribution in [2.45, 2.75) is 32.8 Å². The second kappa shape index (κ2) is 8.01. The van der Waals surface area contributed by atoms with Gasteiger partial charge < -0.3 is 15.7 Å². The number of amides is 1. The van der Waals surface area contributed by atoms with Crippen molar-refractivity contribution in [1.29, 1.82) is 0 Å². The first-order valence-corrected chi connectivity index (χ1v) is 4.86. The molecule has 0 saturated heterocycles. The van der Waals surface area contributed by atoms with Crippen molar-refractivity contribution in [1.82, 2.24) is 10.6 Å². The van der Waals surface area contributed by atoms with Crippen LogP contribution in [0.15, 0.2) is 0 Å². The number of hydrogen-bond donors (Lipinski definition) is 3. The van der Waals surface area contributed by atoms with Crippen LogP contribution in [0.3, 0.4) is 0 Å². The molecule has 0 radical (unpaired) electrons. The second-order valence-electron chi connectivity index (χ2n) is 2.98. The van der Waals surface area contributed by atoms with Crippen LogP contribution in [0, 0.1) is 0 Å². The van der Waals surface area contributed by atoms with Crippen LogP contribution in [-0.4, -0.2) is 36.8 Å². The number of nitrogens with one attached hydrogen (secondary N) is 2. The summed E-state index contributed by atoms with van der Waals surface area (Å²) in [6.45, 7) is 5.52. The maximum absolute atomic E-state index is 10.9. The predicted molar refractivity (Wildman–Crippen MR) is 52.5 cm³/mol. The van der Waals surface area contributed by atoms with E-state index in [4.69, 9.17) is 0 Å². The van der Waals surface area contributed by atoms with Gasteiger partial charge in [-0.05, 0) is 26.3 Å². The normalized spacial score (nSPS) is 12.5. The number of hydrogen-bond acceptors (Lipinski definition) is 3. The summed E-state index contributed by atoms with van der Waals surface area (Å²) in [6, 6.07) is 0. The quantitative estimate of drug-likeness (QED) is 0.488. The largest absolute Gasteiger partial charge is 0.393 e. The fraction of sp³-hybridized carbons (Fsp3) is 0.889. The first-order valence-electron chi connectivity index (χ1n) is 4.86. The predicted octanol–water partition coefficient (Wildman–Crippen LogP) is -0.127. The number of aliphatic hydroxyl groups excluding tert-OH is 1. The topological polar surface area (TPSA) is 61.4 Å². The highest BCUT2D eigenvalue weighted by molar-refractivity contribution is 5.77. The molecule has 0 aliphatic rings. The summed E-state index contributed by atoms with van der Waals surface area (Å²) in [4.78, 5) is 10.9. The Bertz CT molecular complexity index is 140. The molecule has 0 aromatic carbocycles. The Balaban J connectivity index is 3.20. The van der Waals surface area contributed by atoms with E-state index in [9.17, 15) is 9.90 Å². The first-order chi connectivity index (χ1) is 6.20. The Morgan fingerprint density at radius 1 is 1.46 bits per heavy atom. The third-order valence-electron chi connectivity index (χ3n) is 1.79. The first kappa shape index (κ1) is 12.4. The van der Waals surface area contributed by atoms with Gasteiger partial charge in [0, 0.05) is 6.54 Å². The van der Waals surface area contributed by atoms with Crippen molar-refractivity contribution in [3.05, 3.63) is 0 Å². The van der Waals surface area contributed by atoms with Crippen LogP contribution >= 0.6 is 0 Å². The molecular formula is C9H20N2O2. The van der Waals surface area contributed by atoms with Crippen molar-refractivity contribution < 1.29 is 9.90 Å². The molecule has 0 aliphatic carbocycles. The van der Waals surface area contributed by atoms with Crippen LogP contribution in [0.1, 0.15) is 26.7 Å². The zero-order valence-corrected chi connectivity index (χ0v) is 8.47. The van der Waals surface area contributed by atoms with Gasteiger partial charge in [-0.3, -0.25) is 4.79 Å².